The number of rotatable bonds is 5. The molecular weight excluding hydrogens is 378 g/mol. The number of nitro benzene ring substituents is 1. The summed E-state index contributed by atoms with van der Waals surface area (Å²) in [5.74, 6) is -0.428. The van der Waals surface area contributed by atoms with Gasteiger partial charge < -0.3 is 4.90 Å². The van der Waals surface area contributed by atoms with Crippen LogP contribution < -0.4 is 10.2 Å². The minimum absolute atomic E-state index is 0.0512. The van der Waals surface area contributed by atoms with Gasteiger partial charge in [0.05, 0.1) is 10.6 Å². The molecule has 4 rings (SSSR count). The van der Waals surface area contributed by atoms with E-state index in [0.29, 0.717) is 16.5 Å². The molecule has 0 spiro atoms. The summed E-state index contributed by atoms with van der Waals surface area (Å²) in [4.78, 5) is 34.1. The van der Waals surface area contributed by atoms with Gasteiger partial charge in [0, 0.05) is 48.1 Å². The van der Waals surface area contributed by atoms with Gasteiger partial charge in [-0.3, -0.25) is 25.2 Å². The van der Waals surface area contributed by atoms with E-state index in [1.54, 1.807) is 24.5 Å². The molecule has 2 aromatic heterocycles. The number of thiazole rings is 1. The van der Waals surface area contributed by atoms with E-state index in [1.807, 2.05) is 22.4 Å². The first-order valence-electron chi connectivity index (χ1n) is 8.82. The molecule has 1 saturated heterocycles. The van der Waals surface area contributed by atoms with Gasteiger partial charge in [0.25, 0.3) is 11.6 Å². The Kier molecular flexibility index (Phi) is 4.98. The molecule has 0 unspecified atom stereocenters. The number of nitrogens with zero attached hydrogens (tertiary/aromatic N) is 4. The number of carbonyl (C=O) groups is 1. The molecule has 1 fully saturated rings. The number of benzene rings is 1. The summed E-state index contributed by atoms with van der Waals surface area (Å²) in [6, 6.07) is 8.30. The van der Waals surface area contributed by atoms with E-state index in [-0.39, 0.29) is 11.3 Å². The first-order valence-corrected chi connectivity index (χ1v) is 9.70. The fourth-order valence-electron chi connectivity index (χ4n) is 3.18. The molecule has 1 aromatic carbocycles. The van der Waals surface area contributed by atoms with Crippen LogP contribution in [0.5, 0.6) is 0 Å². The highest BCUT2D eigenvalue weighted by molar-refractivity contribution is 7.14. The van der Waals surface area contributed by atoms with Gasteiger partial charge >= 0.3 is 0 Å². The average Bonchev–Trinajstić information content (AvgIpc) is 3.40. The number of nitrogens with one attached hydrogen (secondary N) is 1. The zero-order chi connectivity index (χ0) is 19.5. The molecule has 1 N–H and O–H groups in total. The third-order valence-electron chi connectivity index (χ3n) is 4.56. The van der Waals surface area contributed by atoms with E-state index in [0.717, 1.165) is 31.5 Å². The Morgan fingerprint density at radius 1 is 1.25 bits per heavy atom. The highest BCUT2D eigenvalue weighted by atomic mass is 32.1. The molecule has 1 aliphatic rings. The molecule has 0 radical (unpaired) electrons. The predicted octanol–water partition coefficient (Wildman–Crippen LogP) is 3.97. The zero-order valence-electron chi connectivity index (χ0n) is 14.9. The number of amides is 1. The molecule has 142 valence electrons. The van der Waals surface area contributed by atoms with Crippen molar-refractivity contribution in [3.05, 3.63) is 63.8 Å². The maximum atomic E-state index is 12.6. The van der Waals surface area contributed by atoms with Gasteiger partial charge in [-0.1, -0.05) is 0 Å². The van der Waals surface area contributed by atoms with Gasteiger partial charge in [0.2, 0.25) is 0 Å². The lowest BCUT2D eigenvalue weighted by Gasteiger charge is -2.17. The van der Waals surface area contributed by atoms with E-state index < -0.39 is 10.8 Å². The monoisotopic (exact) mass is 395 g/mol. The van der Waals surface area contributed by atoms with Crippen molar-refractivity contribution in [1.29, 1.82) is 0 Å². The second-order valence-corrected chi connectivity index (χ2v) is 7.25. The first-order chi connectivity index (χ1) is 13.6. The summed E-state index contributed by atoms with van der Waals surface area (Å²) in [6.45, 7) is 1.59. The van der Waals surface area contributed by atoms with E-state index in [4.69, 9.17) is 0 Å². The second-order valence-electron chi connectivity index (χ2n) is 6.39. The Morgan fingerprint density at radius 2 is 2.07 bits per heavy atom. The molecule has 0 bridgehead atoms. The summed E-state index contributed by atoms with van der Waals surface area (Å²) in [5.41, 5.74) is 2.30. The number of carbonyl (C=O) groups excluding carboxylic acids is 1. The molecule has 0 aliphatic carbocycles. The van der Waals surface area contributed by atoms with Crippen LogP contribution in [-0.2, 0) is 0 Å². The minimum atomic E-state index is -0.436. The average molecular weight is 395 g/mol. The van der Waals surface area contributed by atoms with Crippen molar-refractivity contribution in [1.82, 2.24) is 9.97 Å². The van der Waals surface area contributed by atoms with Crippen LogP contribution in [0.15, 0.2) is 48.1 Å². The number of nitro groups is 1. The standard InChI is InChI=1S/C19H17N5O3S/c25-18(22-19-21-15(12-28-19)14-4-3-7-20-11-14)13-5-6-16(17(10-13)24(26)27)23-8-1-2-9-23/h3-7,10-12H,1-2,8-9H2,(H,21,22,25). The van der Waals surface area contributed by atoms with Crippen LogP contribution in [0.1, 0.15) is 23.2 Å². The molecule has 1 aliphatic heterocycles. The summed E-state index contributed by atoms with van der Waals surface area (Å²) in [7, 11) is 0. The van der Waals surface area contributed by atoms with E-state index in [1.165, 1.54) is 17.4 Å². The number of aromatic nitrogens is 2. The lowest BCUT2D eigenvalue weighted by atomic mass is 10.1. The zero-order valence-corrected chi connectivity index (χ0v) is 15.7. The second kappa shape index (κ2) is 7.73. The van der Waals surface area contributed by atoms with Crippen molar-refractivity contribution >= 4 is 33.8 Å². The molecule has 0 atom stereocenters. The maximum absolute atomic E-state index is 12.6. The van der Waals surface area contributed by atoms with Crippen LogP contribution in [0.4, 0.5) is 16.5 Å². The van der Waals surface area contributed by atoms with E-state index in [9.17, 15) is 14.9 Å². The Bertz CT molecular complexity index is 1020. The summed E-state index contributed by atoms with van der Waals surface area (Å²) >= 11 is 1.29. The van der Waals surface area contributed by atoms with Crippen LogP contribution in [0.25, 0.3) is 11.3 Å². The van der Waals surface area contributed by atoms with Gasteiger partial charge in [-0.15, -0.1) is 11.3 Å². The summed E-state index contributed by atoms with van der Waals surface area (Å²) in [6.07, 6.45) is 5.41. The molecule has 3 heterocycles. The normalized spacial score (nSPS) is 13.5. The third-order valence-corrected chi connectivity index (χ3v) is 5.32. The Labute approximate surface area is 165 Å². The highest BCUT2D eigenvalue weighted by Crippen LogP contribution is 2.32. The van der Waals surface area contributed by atoms with Gasteiger partial charge in [-0.05, 0) is 37.1 Å². The lowest BCUT2D eigenvalue weighted by Crippen LogP contribution is -2.19. The van der Waals surface area contributed by atoms with Crippen molar-refractivity contribution in [3.8, 4) is 11.3 Å². The van der Waals surface area contributed by atoms with Crippen LogP contribution in [-0.4, -0.2) is 33.9 Å². The molecular formula is C19H17N5O3S. The summed E-state index contributed by atoms with van der Waals surface area (Å²) in [5, 5.41) is 16.5. The lowest BCUT2D eigenvalue weighted by molar-refractivity contribution is -0.384. The van der Waals surface area contributed by atoms with Crippen molar-refractivity contribution in [2.75, 3.05) is 23.3 Å². The minimum Gasteiger partial charge on any atom is -0.366 e. The van der Waals surface area contributed by atoms with E-state index >= 15 is 0 Å². The Balaban J connectivity index is 1.54. The van der Waals surface area contributed by atoms with Crippen molar-refractivity contribution in [2.24, 2.45) is 0 Å². The van der Waals surface area contributed by atoms with Gasteiger partial charge in [0.15, 0.2) is 5.13 Å². The van der Waals surface area contributed by atoms with Gasteiger partial charge in [-0.25, -0.2) is 4.98 Å². The Morgan fingerprint density at radius 3 is 2.79 bits per heavy atom. The van der Waals surface area contributed by atoms with Crippen LogP contribution >= 0.6 is 11.3 Å². The number of hydrogen-bond donors (Lipinski definition) is 1. The third kappa shape index (κ3) is 3.70. The van der Waals surface area contributed by atoms with Crippen LogP contribution in [0.2, 0.25) is 0 Å². The smallest absolute Gasteiger partial charge is 0.293 e. The van der Waals surface area contributed by atoms with E-state index in [2.05, 4.69) is 15.3 Å². The van der Waals surface area contributed by atoms with Crippen molar-refractivity contribution in [2.45, 2.75) is 12.8 Å². The maximum Gasteiger partial charge on any atom is 0.293 e. The molecule has 8 nitrogen and oxygen atoms in total. The number of anilines is 2. The van der Waals surface area contributed by atoms with Gasteiger partial charge in [-0.2, -0.15) is 0 Å². The molecule has 9 heteroatoms. The SMILES string of the molecule is O=C(Nc1nc(-c2cccnc2)cs1)c1ccc(N2CCCC2)c([N+](=O)[O-])c1. The fourth-order valence-corrected chi connectivity index (χ4v) is 3.90. The number of pyridine rings is 1. The largest absolute Gasteiger partial charge is 0.366 e. The Hall–Kier alpha value is -3.33. The molecule has 1 amide bonds. The topological polar surface area (TPSA) is 101 Å². The fraction of sp³-hybridized carbons (Fsp3) is 0.211. The van der Waals surface area contributed by atoms with Crippen molar-refractivity contribution < 1.29 is 9.72 Å². The highest BCUT2D eigenvalue weighted by Gasteiger charge is 2.24. The number of hydrogen-bond acceptors (Lipinski definition) is 7. The molecule has 0 saturated carbocycles. The summed E-state index contributed by atoms with van der Waals surface area (Å²) < 4.78 is 0. The molecule has 28 heavy (non-hydrogen) atoms. The van der Waals surface area contributed by atoms with Crippen LogP contribution in [0.3, 0.4) is 0 Å². The first kappa shape index (κ1) is 18.1. The molecule has 3 aromatic rings. The van der Waals surface area contributed by atoms with Crippen molar-refractivity contribution in [3.63, 3.8) is 0 Å². The van der Waals surface area contributed by atoms with Crippen LogP contribution in [0, 0.1) is 10.1 Å². The quantitative estimate of drug-likeness (QED) is 0.518. The predicted molar refractivity (Wildman–Crippen MR) is 108 cm³/mol. The van der Waals surface area contributed by atoms with Gasteiger partial charge in [0.1, 0.15) is 5.69 Å².